The quantitative estimate of drug-likeness (QED) is 0.828. The van der Waals surface area contributed by atoms with Crippen molar-refractivity contribution in [3.8, 4) is 0 Å². The Morgan fingerprint density at radius 2 is 2.22 bits per heavy atom. The molecule has 0 spiro atoms. The maximum absolute atomic E-state index is 3.61. The van der Waals surface area contributed by atoms with E-state index in [-0.39, 0.29) is 0 Å². The highest BCUT2D eigenvalue weighted by molar-refractivity contribution is 9.10. The minimum absolute atomic E-state index is 0.417. The minimum Gasteiger partial charge on any atom is -0.309 e. The molecule has 0 aromatic heterocycles. The molecule has 1 aliphatic rings. The normalized spacial score (nSPS) is 17.1. The van der Waals surface area contributed by atoms with Gasteiger partial charge in [-0.25, -0.2) is 0 Å². The first-order chi connectivity index (χ1) is 8.70. The van der Waals surface area contributed by atoms with Crippen molar-refractivity contribution in [3.05, 3.63) is 34.3 Å². The van der Waals surface area contributed by atoms with Gasteiger partial charge in [-0.3, -0.25) is 4.90 Å². The molecule has 2 nitrogen and oxygen atoms in total. The Labute approximate surface area is 119 Å². The van der Waals surface area contributed by atoms with E-state index in [0.717, 1.165) is 17.1 Å². The highest BCUT2D eigenvalue weighted by Gasteiger charge is 2.27. The summed E-state index contributed by atoms with van der Waals surface area (Å²) < 4.78 is 1.15. The number of halogens is 1. The van der Waals surface area contributed by atoms with E-state index in [1.54, 1.807) is 0 Å². The Kier molecular flexibility index (Phi) is 5.22. The summed E-state index contributed by atoms with van der Waals surface area (Å²) in [6, 6.07) is 9.83. The first kappa shape index (κ1) is 14.0. The summed E-state index contributed by atoms with van der Waals surface area (Å²) in [5.41, 5.74) is 1.35. The lowest BCUT2D eigenvalue weighted by Crippen LogP contribution is -2.34. The first-order valence-corrected chi connectivity index (χ1v) is 7.73. The molecule has 1 atom stereocenters. The molecule has 0 saturated heterocycles. The second kappa shape index (κ2) is 6.69. The standard InChI is InChI=1S/C15H23BrN2/c1-3-18(15-7-8-15)10-9-17-12(2)13-5-4-6-14(16)11-13/h4-6,11-12,15,17H,3,7-10H2,1-2H3. The van der Waals surface area contributed by atoms with Crippen molar-refractivity contribution in [2.75, 3.05) is 19.6 Å². The molecule has 1 aliphatic carbocycles. The molecule has 18 heavy (non-hydrogen) atoms. The lowest BCUT2D eigenvalue weighted by molar-refractivity contribution is 0.273. The van der Waals surface area contributed by atoms with E-state index in [9.17, 15) is 0 Å². The lowest BCUT2D eigenvalue weighted by atomic mass is 10.1. The van der Waals surface area contributed by atoms with Crippen LogP contribution < -0.4 is 5.32 Å². The molecular formula is C15H23BrN2. The summed E-state index contributed by atoms with van der Waals surface area (Å²) in [6.07, 6.45) is 2.80. The smallest absolute Gasteiger partial charge is 0.0292 e. The summed E-state index contributed by atoms with van der Waals surface area (Å²) in [7, 11) is 0. The predicted octanol–water partition coefficient (Wildman–Crippen LogP) is 3.58. The SMILES string of the molecule is CCN(CCNC(C)c1cccc(Br)c1)C1CC1. The van der Waals surface area contributed by atoms with Crippen molar-refractivity contribution in [2.24, 2.45) is 0 Å². The van der Waals surface area contributed by atoms with E-state index in [1.807, 2.05) is 0 Å². The third kappa shape index (κ3) is 4.08. The second-order valence-corrected chi connectivity index (χ2v) is 6.01. The third-order valence-corrected chi connectivity index (χ3v) is 4.16. The van der Waals surface area contributed by atoms with Crippen LogP contribution in [0.1, 0.15) is 38.3 Å². The number of hydrogen-bond donors (Lipinski definition) is 1. The van der Waals surface area contributed by atoms with Gasteiger partial charge in [0.1, 0.15) is 0 Å². The summed E-state index contributed by atoms with van der Waals surface area (Å²) in [4.78, 5) is 2.58. The van der Waals surface area contributed by atoms with E-state index in [0.29, 0.717) is 6.04 Å². The minimum atomic E-state index is 0.417. The molecule has 3 heteroatoms. The van der Waals surface area contributed by atoms with Crippen LogP contribution in [-0.2, 0) is 0 Å². The zero-order valence-corrected chi connectivity index (χ0v) is 12.9. The summed E-state index contributed by atoms with van der Waals surface area (Å²) in [5.74, 6) is 0. The van der Waals surface area contributed by atoms with Crippen LogP contribution in [0.2, 0.25) is 0 Å². The molecule has 1 saturated carbocycles. The number of likely N-dealkylation sites (N-methyl/N-ethyl adjacent to an activating group) is 1. The van der Waals surface area contributed by atoms with E-state index < -0.39 is 0 Å². The van der Waals surface area contributed by atoms with E-state index in [4.69, 9.17) is 0 Å². The molecule has 1 fully saturated rings. The van der Waals surface area contributed by atoms with Gasteiger partial charge in [0.25, 0.3) is 0 Å². The highest BCUT2D eigenvalue weighted by atomic mass is 79.9. The van der Waals surface area contributed by atoms with Gasteiger partial charge in [0, 0.05) is 29.6 Å². The predicted molar refractivity (Wildman–Crippen MR) is 80.8 cm³/mol. The first-order valence-electron chi connectivity index (χ1n) is 6.93. The Balaban J connectivity index is 1.75. The third-order valence-electron chi connectivity index (χ3n) is 3.67. The van der Waals surface area contributed by atoms with Gasteiger partial charge in [-0.05, 0) is 44.0 Å². The average molecular weight is 311 g/mol. The van der Waals surface area contributed by atoms with Gasteiger partial charge in [0.05, 0.1) is 0 Å². The molecule has 0 bridgehead atoms. The van der Waals surface area contributed by atoms with Gasteiger partial charge in [-0.2, -0.15) is 0 Å². The average Bonchev–Trinajstić information content (AvgIpc) is 3.18. The molecule has 0 aliphatic heterocycles. The topological polar surface area (TPSA) is 15.3 Å². The van der Waals surface area contributed by atoms with Crippen LogP contribution in [0.5, 0.6) is 0 Å². The van der Waals surface area contributed by atoms with Crippen LogP contribution in [0.3, 0.4) is 0 Å². The van der Waals surface area contributed by atoms with Crippen LogP contribution in [0.4, 0.5) is 0 Å². The molecule has 0 heterocycles. The van der Waals surface area contributed by atoms with Crippen molar-refractivity contribution in [1.29, 1.82) is 0 Å². The van der Waals surface area contributed by atoms with Gasteiger partial charge >= 0.3 is 0 Å². The summed E-state index contributed by atoms with van der Waals surface area (Å²) in [5, 5.41) is 3.61. The fourth-order valence-electron chi connectivity index (χ4n) is 2.36. The Bertz CT molecular complexity index is 377. The number of hydrogen-bond acceptors (Lipinski definition) is 2. The van der Waals surface area contributed by atoms with Gasteiger partial charge in [-0.15, -0.1) is 0 Å². The fraction of sp³-hybridized carbons (Fsp3) is 0.600. The monoisotopic (exact) mass is 310 g/mol. The zero-order valence-electron chi connectivity index (χ0n) is 11.3. The molecule has 0 amide bonds. The van der Waals surface area contributed by atoms with E-state index in [2.05, 4.69) is 64.3 Å². The van der Waals surface area contributed by atoms with Crippen molar-refractivity contribution in [2.45, 2.75) is 38.8 Å². The molecule has 2 rings (SSSR count). The number of rotatable bonds is 7. The number of nitrogens with zero attached hydrogens (tertiary/aromatic N) is 1. The molecule has 1 aromatic rings. The molecule has 1 aromatic carbocycles. The van der Waals surface area contributed by atoms with Gasteiger partial charge in [-0.1, -0.05) is 35.0 Å². The molecule has 1 N–H and O–H groups in total. The largest absolute Gasteiger partial charge is 0.309 e. The maximum Gasteiger partial charge on any atom is 0.0292 e. The van der Waals surface area contributed by atoms with E-state index in [1.165, 1.54) is 31.5 Å². The van der Waals surface area contributed by atoms with Crippen molar-refractivity contribution >= 4 is 15.9 Å². The van der Waals surface area contributed by atoms with Crippen molar-refractivity contribution in [1.82, 2.24) is 10.2 Å². The summed E-state index contributed by atoms with van der Waals surface area (Å²) in [6.45, 7) is 7.90. The second-order valence-electron chi connectivity index (χ2n) is 5.09. The van der Waals surface area contributed by atoms with Crippen LogP contribution in [-0.4, -0.2) is 30.6 Å². The Morgan fingerprint density at radius 3 is 2.83 bits per heavy atom. The zero-order chi connectivity index (χ0) is 13.0. The van der Waals surface area contributed by atoms with Gasteiger partial charge in [0.2, 0.25) is 0 Å². The van der Waals surface area contributed by atoms with Gasteiger partial charge < -0.3 is 5.32 Å². The maximum atomic E-state index is 3.61. The number of benzene rings is 1. The van der Waals surface area contributed by atoms with Crippen LogP contribution in [0.25, 0.3) is 0 Å². The number of nitrogens with one attached hydrogen (secondary N) is 1. The summed E-state index contributed by atoms with van der Waals surface area (Å²) >= 11 is 3.52. The molecular weight excluding hydrogens is 288 g/mol. The molecule has 1 unspecified atom stereocenters. The molecule has 100 valence electrons. The van der Waals surface area contributed by atoms with E-state index >= 15 is 0 Å². The van der Waals surface area contributed by atoms with Crippen molar-refractivity contribution < 1.29 is 0 Å². The van der Waals surface area contributed by atoms with Crippen LogP contribution >= 0.6 is 15.9 Å². The van der Waals surface area contributed by atoms with Crippen LogP contribution in [0.15, 0.2) is 28.7 Å². The Morgan fingerprint density at radius 1 is 1.44 bits per heavy atom. The van der Waals surface area contributed by atoms with Crippen LogP contribution in [0, 0.1) is 0 Å². The van der Waals surface area contributed by atoms with Gasteiger partial charge in [0.15, 0.2) is 0 Å². The lowest BCUT2D eigenvalue weighted by Gasteiger charge is -2.22. The fourth-order valence-corrected chi connectivity index (χ4v) is 2.77. The molecule has 0 radical (unpaired) electrons. The van der Waals surface area contributed by atoms with Crippen molar-refractivity contribution in [3.63, 3.8) is 0 Å². The highest BCUT2D eigenvalue weighted by Crippen LogP contribution is 2.26. The Hall–Kier alpha value is -0.380.